The molecule has 5 rings (SSSR count). The van der Waals surface area contributed by atoms with E-state index in [-0.39, 0.29) is 11.1 Å². The topological polar surface area (TPSA) is 97.6 Å². The lowest BCUT2D eigenvalue weighted by molar-refractivity contribution is -0.136. The van der Waals surface area contributed by atoms with Gasteiger partial charge in [-0.15, -0.1) is 0 Å². The molecule has 11 heteroatoms. The first-order valence-electron chi connectivity index (χ1n) is 13.9. The average Bonchev–Trinajstić information content (AvgIpc) is 3.36. The Morgan fingerprint density at radius 1 is 0.955 bits per heavy atom. The number of thiazole rings is 1. The van der Waals surface area contributed by atoms with Crippen molar-refractivity contribution in [2.45, 2.75) is 26.5 Å². The Bertz CT molecular complexity index is 1880. The van der Waals surface area contributed by atoms with Crippen LogP contribution in [0.15, 0.2) is 86.7 Å². The number of hydrogen-bond acceptors (Lipinski definition) is 9. The molecule has 0 amide bonds. The first-order chi connectivity index (χ1) is 21.4. The van der Waals surface area contributed by atoms with Crippen LogP contribution in [0.4, 0.5) is 0 Å². The maximum Gasteiger partial charge on any atom is 0.337 e. The maximum absolute atomic E-state index is 14.0. The molecule has 1 atom stereocenters. The lowest BCUT2D eigenvalue weighted by Gasteiger charge is -2.23. The normalized spacial score (nSPS) is 14.2. The van der Waals surface area contributed by atoms with Gasteiger partial charge in [-0.1, -0.05) is 63.7 Å². The summed E-state index contributed by atoms with van der Waals surface area (Å²) < 4.78 is 30.9. The van der Waals surface area contributed by atoms with E-state index in [4.69, 9.17) is 23.7 Å². The van der Waals surface area contributed by atoms with Crippen LogP contribution in [0.2, 0.25) is 0 Å². The Hall–Kier alpha value is -4.35. The third-order valence-corrected chi connectivity index (χ3v) is 8.50. The summed E-state index contributed by atoms with van der Waals surface area (Å²) in [5, 5.41) is 0. The molecular weight excluding hydrogens is 648 g/mol. The first-order valence-corrected chi connectivity index (χ1v) is 15.5. The van der Waals surface area contributed by atoms with Crippen LogP contribution < -0.4 is 33.8 Å². The number of carbonyl (C=O) groups excluding carboxylic acids is 1. The van der Waals surface area contributed by atoms with Gasteiger partial charge in [0.1, 0.15) is 6.61 Å². The molecule has 1 aromatic heterocycles. The number of ether oxygens (including phenoxy) is 5. The van der Waals surface area contributed by atoms with E-state index in [1.54, 1.807) is 31.4 Å². The van der Waals surface area contributed by atoms with E-state index in [1.807, 2.05) is 56.3 Å². The average molecular weight is 680 g/mol. The van der Waals surface area contributed by atoms with Gasteiger partial charge in [0.05, 0.1) is 43.6 Å². The van der Waals surface area contributed by atoms with Crippen LogP contribution in [0.1, 0.15) is 36.6 Å². The molecule has 44 heavy (non-hydrogen) atoms. The van der Waals surface area contributed by atoms with Gasteiger partial charge >= 0.3 is 5.97 Å². The number of hydrogen-bond donors (Lipinski definition) is 0. The highest BCUT2D eigenvalue weighted by Crippen LogP contribution is 2.36. The van der Waals surface area contributed by atoms with Gasteiger partial charge in [-0.3, -0.25) is 9.36 Å². The van der Waals surface area contributed by atoms with Crippen molar-refractivity contribution in [1.29, 1.82) is 0 Å². The van der Waals surface area contributed by atoms with Gasteiger partial charge in [-0.05, 0) is 60.9 Å². The number of nitrogens with zero attached hydrogens (tertiary/aromatic N) is 2. The minimum absolute atomic E-state index is 0.223. The van der Waals surface area contributed by atoms with Crippen molar-refractivity contribution in [3.05, 3.63) is 113 Å². The summed E-state index contributed by atoms with van der Waals surface area (Å²) in [6, 6.07) is 18.0. The SMILES string of the molecule is CCOc1ccc([C@@H]2C(C(=O)OC)=CN=c3s/c(=C\c4cc(OC)c(OCc5ccccc5)cc4Br)c(=O)n32)cc1OCC. The minimum atomic E-state index is -0.789. The van der Waals surface area contributed by atoms with E-state index >= 15 is 0 Å². The second-order valence-electron chi connectivity index (χ2n) is 9.55. The van der Waals surface area contributed by atoms with Crippen molar-refractivity contribution >= 4 is 39.3 Å². The summed E-state index contributed by atoms with van der Waals surface area (Å²) in [5.41, 5.74) is 2.30. The zero-order valence-electron chi connectivity index (χ0n) is 24.7. The molecule has 9 nitrogen and oxygen atoms in total. The Balaban J connectivity index is 1.58. The fourth-order valence-corrected chi connectivity index (χ4v) is 6.19. The van der Waals surface area contributed by atoms with Crippen molar-refractivity contribution in [2.75, 3.05) is 27.4 Å². The predicted molar refractivity (Wildman–Crippen MR) is 171 cm³/mol. The highest BCUT2D eigenvalue weighted by molar-refractivity contribution is 9.10. The minimum Gasteiger partial charge on any atom is -0.493 e. The van der Waals surface area contributed by atoms with Crippen LogP contribution in [0.25, 0.3) is 6.08 Å². The van der Waals surface area contributed by atoms with E-state index < -0.39 is 12.0 Å². The molecule has 0 saturated carbocycles. The Morgan fingerprint density at radius 2 is 1.68 bits per heavy atom. The van der Waals surface area contributed by atoms with Crippen molar-refractivity contribution < 1.29 is 28.5 Å². The second kappa shape index (κ2) is 14.0. The molecule has 3 aromatic carbocycles. The second-order valence-corrected chi connectivity index (χ2v) is 11.4. The summed E-state index contributed by atoms with van der Waals surface area (Å²) in [6.07, 6.45) is 3.22. The van der Waals surface area contributed by atoms with Crippen LogP contribution >= 0.6 is 27.3 Å². The summed E-state index contributed by atoms with van der Waals surface area (Å²) in [7, 11) is 2.87. The standard InChI is InChI=1S/C33H31BrN2O7S/c1-5-41-25-13-12-21(14-27(25)42-6-2)30-23(32(38)40-4)18-35-33-36(30)31(37)29(44-33)16-22-15-26(39-3)28(17-24(22)34)43-19-20-10-8-7-9-11-20/h7-18,30H,5-6,19H2,1-4H3/b29-16-/t30-/m1/s1. The van der Waals surface area contributed by atoms with Crippen molar-refractivity contribution in [1.82, 2.24) is 4.57 Å². The van der Waals surface area contributed by atoms with Gasteiger partial charge in [-0.2, -0.15) is 0 Å². The number of carbonyl (C=O) groups is 1. The predicted octanol–water partition coefficient (Wildman–Crippen LogP) is 5.17. The number of benzene rings is 3. The van der Waals surface area contributed by atoms with E-state index in [9.17, 15) is 9.59 Å². The number of aromatic nitrogens is 1. The number of rotatable bonds is 11. The third kappa shape index (κ3) is 6.44. The Kier molecular flexibility index (Phi) is 9.86. The van der Waals surface area contributed by atoms with Gasteiger partial charge < -0.3 is 23.7 Å². The molecule has 0 unspecified atom stereocenters. The van der Waals surface area contributed by atoms with Crippen LogP contribution in [-0.4, -0.2) is 38.0 Å². The molecule has 1 aliphatic heterocycles. The third-order valence-electron chi connectivity index (χ3n) is 6.81. The van der Waals surface area contributed by atoms with Crippen molar-refractivity contribution in [3.63, 3.8) is 0 Å². The van der Waals surface area contributed by atoms with E-state index in [0.717, 1.165) is 5.56 Å². The van der Waals surface area contributed by atoms with Gasteiger partial charge in [-0.25, -0.2) is 9.79 Å². The zero-order chi connectivity index (χ0) is 31.2. The summed E-state index contributed by atoms with van der Waals surface area (Å²) >= 11 is 4.85. The largest absolute Gasteiger partial charge is 0.493 e. The molecule has 2 heterocycles. The van der Waals surface area contributed by atoms with Crippen LogP contribution in [0.3, 0.4) is 0 Å². The smallest absolute Gasteiger partial charge is 0.337 e. The molecule has 228 valence electrons. The Morgan fingerprint density at radius 3 is 2.39 bits per heavy atom. The molecule has 0 aliphatic carbocycles. The van der Waals surface area contributed by atoms with Crippen molar-refractivity contribution in [2.24, 2.45) is 4.99 Å². The molecule has 4 aromatic rings. The fraction of sp³-hybridized carbons (Fsp3) is 0.242. The van der Waals surface area contributed by atoms with Crippen LogP contribution in [0, 0.1) is 0 Å². The molecular formula is C33H31BrN2O7S. The first kappa shape index (κ1) is 31.1. The van der Waals surface area contributed by atoms with Gasteiger partial charge in [0, 0.05) is 10.7 Å². The van der Waals surface area contributed by atoms with Crippen molar-refractivity contribution in [3.8, 4) is 23.0 Å². The van der Waals surface area contributed by atoms with Crippen LogP contribution in [-0.2, 0) is 16.1 Å². The molecule has 0 fully saturated rings. The summed E-state index contributed by atoms with van der Waals surface area (Å²) in [5.74, 6) is 1.58. The molecule has 0 spiro atoms. The van der Waals surface area contributed by atoms with Gasteiger partial charge in [0.25, 0.3) is 5.56 Å². The fourth-order valence-electron chi connectivity index (χ4n) is 4.80. The lowest BCUT2D eigenvalue weighted by atomic mass is 9.97. The number of esters is 1. The molecule has 0 N–H and O–H groups in total. The monoisotopic (exact) mass is 678 g/mol. The molecule has 0 radical (unpaired) electrons. The maximum atomic E-state index is 14.0. The highest BCUT2D eigenvalue weighted by Gasteiger charge is 2.31. The van der Waals surface area contributed by atoms with Gasteiger partial charge in [0.15, 0.2) is 27.8 Å². The van der Waals surface area contributed by atoms with E-state index in [0.29, 0.717) is 67.8 Å². The molecule has 0 bridgehead atoms. The van der Waals surface area contributed by atoms with Crippen LogP contribution in [0.5, 0.6) is 23.0 Å². The molecule has 0 saturated heterocycles. The number of fused-ring (bicyclic) bond motifs is 1. The van der Waals surface area contributed by atoms with Gasteiger partial charge in [0.2, 0.25) is 0 Å². The summed E-state index contributed by atoms with van der Waals surface area (Å²) in [4.78, 5) is 31.8. The summed E-state index contributed by atoms with van der Waals surface area (Å²) in [6.45, 7) is 5.02. The van der Waals surface area contributed by atoms with E-state index in [2.05, 4.69) is 20.9 Å². The number of halogens is 1. The Labute approximate surface area is 266 Å². The number of methoxy groups -OCH3 is 2. The lowest BCUT2D eigenvalue weighted by Crippen LogP contribution is -2.39. The highest BCUT2D eigenvalue weighted by atomic mass is 79.9. The van der Waals surface area contributed by atoms with E-state index in [1.165, 1.54) is 29.2 Å². The molecule has 1 aliphatic rings. The zero-order valence-corrected chi connectivity index (χ0v) is 27.1. The quantitative estimate of drug-likeness (QED) is 0.202.